The third kappa shape index (κ3) is 5.51. The lowest BCUT2D eigenvalue weighted by Gasteiger charge is -2.11. The Morgan fingerprint density at radius 2 is 1.66 bits per heavy atom. The summed E-state index contributed by atoms with van der Waals surface area (Å²) in [6.45, 7) is 0.0393. The number of halogens is 4. The van der Waals surface area contributed by atoms with Gasteiger partial charge in [-0.1, -0.05) is 41.4 Å². The molecule has 0 aliphatic rings. The maximum absolute atomic E-state index is 14.5. The van der Waals surface area contributed by atoms with Gasteiger partial charge < -0.3 is 15.1 Å². The Hall–Kier alpha value is -4.27. The molecule has 1 heterocycles. The second-order valence-corrected chi connectivity index (χ2v) is 9.13. The van der Waals surface area contributed by atoms with Crippen molar-refractivity contribution in [2.45, 2.75) is 6.54 Å². The first-order valence-corrected chi connectivity index (χ1v) is 12.0. The predicted octanol–water partition coefficient (Wildman–Crippen LogP) is 7.26. The molecule has 1 aromatic heterocycles. The Labute approximate surface area is 225 Å². The van der Waals surface area contributed by atoms with Crippen LogP contribution in [0.2, 0.25) is 10.0 Å². The van der Waals surface area contributed by atoms with Crippen molar-refractivity contribution in [3.63, 3.8) is 0 Å². The minimum absolute atomic E-state index is 0.0393. The highest BCUT2D eigenvalue weighted by molar-refractivity contribution is 6.34. The summed E-state index contributed by atoms with van der Waals surface area (Å²) in [6.07, 6.45) is 0. The summed E-state index contributed by atoms with van der Waals surface area (Å²) < 4.78 is 33.4. The largest absolute Gasteiger partial charge is 0.436 e. The number of oxazole rings is 1. The third-order valence-electron chi connectivity index (χ3n) is 5.63. The van der Waals surface area contributed by atoms with Crippen molar-refractivity contribution in [3.05, 3.63) is 117 Å². The number of amides is 2. The van der Waals surface area contributed by atoms with Crippen molar-refractivity contribution in [2.75, 3.05) is 5.32 Å². The maximum atomic E-state index is 14.5. The first-order chi connectivity index (χ1) is 18.3. The van der Waals surface area contributed by atoms with Crippen LogP contribution >= 0.6 is 23.2 Å². The number of nitrogens with one attached hydrogen (secondary N) is 2. The van der Waals surface area contributed by atoms with Gasteiger partial charge in [0.2, 0.25) is 5.89 Å². The first-order valence-electron chi connectivity index (χ1n) is 11.3. The number of fused-ring (bicyclic) bond motifs is 1. The fourth-order valence-electron chi connectivity index (χ4n) is 3.73. The molecule has 5 aromatic rings. The molecule has 0 atom stereocenters. The summed E-state index contributed by atoms with van der Waals surface area (Å²) in [6, 6.07) is 19.4. The first kappa shape index (κ1) is 25.4. The van der Waals surface area contributed by atoms with Gasteiger partial charge in [-0.25, -0.2) is 13.8 Å². The molecule has 0 aliphatic carbocycles. The van der Waals surface area contributed by atoms with Crippen LogP contribution in [0.1, 0.15) is 26.3 Å². The number of hydrogen-bond donors (Lipinski definition) is 2. The number of hydrogen-bond acceptors (Lipinski definition) is 4. The van der Waals surface area contributed by atoms with E-state index in [1.165, 1.54) is 24.3 Å². The smallest absolute Gasteiger partial charge is 0.257 e. The lowest BCUT2D eigenvalue weighted by atomic mass is 10.1. The van der Waals surface area contributed by atoms with Gasteiger partial charge in [0.25, 0.3) is 11.8 Å². The number of nitrogens with zero attached hydrogens (tertiary/aromatic N) is 1. The van der Waals surface area contributed by atoms with Crippen LogP contribution in [0.25, 0.3) is 22.6 Å². The maximum Gasteiger partial charge on any atom is 0.257 e. The van der Waals surface area contributed by atoms with Gasteiger partial charge in [0.05, 0.1) is 16.1 Å². The van der Waals surface area contributed by atoms with Gasteiger partial charge in [0, 0.05) is 22.8 Å². The van der Waals surface area contributed by atoms with Crippen molar-refractivity contribution >= 4 is 51.8 Å². The van der Waals surface area contributed by atoms with E-state index in [2.05, 4.69) is 15.6 Å². The number of benzene rings is 4. The molecule has 0 unspecified atom stereocenters. The highest BCUT2D eigenvalue weighted by Crippen LogP contribution is 2.28. The Morgan fingerprint density at radius 3 is 2.42 bits per heavy atom. The number of aromatic nitrogens is 1. The van der Waals surface area contributed by atoms with Crippen LogP contribution in [0.5, 0.6) is 0 Å². The lowest BCUT2D eigenvalue weighted by Crippen LogP contribution is -2.24. The predicted molar refractivity (Wildman–Crippen MR) is 141 cm³/mol. The van der Waals surface area contributed by atoms with Gasteiger partial charge >= 0.3 is 0 Å². The van der Waals surface area contributed by atoms with E-state index in [1.807, 2.05) is 6.07 Å². The fraction of sp³-hybridized carbons (Fsp3) is 0.0357. The third-order valence-corrected chi connectivity index (χ3v) is 6.18. The number of rotatable bonds is 6. The van der Waals surface area contributed by atoms with Crippen LogP contribution in [-0.2, 0) is 6.54 Å². The molecule has 5 rings (SSSR count). The Kier molecular flexibility index (Phi) is 7.09. The lowest BCUT2D eigenvalue weighted by molar-refractivity contribution is 0.0947. The molecule has 38 heavy (non-hydrogen) atoms. The molecule has 4 aromatic carbocycles. The van der Waals surface area contributed by atoms with E-state index in [1.54, 1.807) is 36.4 Å². The minimum Gasteiger partial charge on any atom is -0.436 e. The van der Waals surface area contributed by atoms with Gasteiger partial charge in [-0.05, 0) is 66.2 Å². The second kappa shape index (κ2) is 10.6. The molecular weight excluding hydrogens is 535 g/mol. The van der Waals surface area contributed by atoms with Crippen LogP contribution in [-0.4, -0.2) is 16.8 Å². The van der Waals surface area contributed by atoms with E-state index in [-0.39, 0.29) is 22.7 Å². The molecule has 2 amide bonds. The van der Waals surface area contributed by atoms with Crippen molar-refractivity contribution in [1.29, 1.82) is 0 Å². The minimum atomic E-state index is -0.888. The molecule has 10 heteroatoms. The van der Waals surface area contributed by atoms with Gasteiger partial charge in [-0.3, -0.25) is 9.59 Å². The Balaban J connectivity index is 1.34. The SMILES string of the molecule is O=C(NCc1ccc(F)cc1)c1cc(C(=O)Nc2ccc3oc(-c4cccc(Cl)c4)nc3c2)c(Cl)cc1F. The molecule has 0 radical (unpaired) electrons. The monoisotopic (exact) mass is 551 g/mol. The standard InChI is InChI=1S/C28H17Cl2F2N3O3/c29-17-3-1-2-16(10-17)28-35-24-11-19(8-9-25(24)38-28)34-27(37)20-12-21(23(32)13-22(20)30)26(36)33-14-15-4-6-18(31)7-5-15/h1-13H,14H2,(H,33,36)(H,34,37). The molecule has 6 nitrogen and oxygen atoms in total. The van der Waals surface area contributed by atoms with Gasteiger partial charge in [-0.15, -0.1) is 0 Å². The van der Waals surface area contributed by atoms with Gasteiger partial charge in [0.15, 0.2) is 5.58 Å². The van der Waals surface area contributed by atoms with Crippen LogP contribution in [0.15, 0.2) is 83.3 Å². The number of carbonyl (C=O) groups is 2. The summed E-state index contributed by atoms with van der Waals surface area (Å²) in [7, 11) is 0. The van der Waals surface area contributed by atoms with E-state index in [9.17, 15) is 18.4 Å². The molecular formula is C28H17Cl2F2N3O3. The molecule has 0 spiro atoms. The van der Waals surface area contributed by atoms with Crippen molar-refractivity contribution in [1.82, 2.24) is 10.3 Å². The average Bonchev–Trinajstić information content (AvgIpc) is 3.32. The van der Waals surface area contributed by atoms with Gasteiger partial charge in [-0.2, -0.15) is 0 Å². The van der Waals surface area contributed by atoms with E-state index in [0.29, 0.717) is 38.8 Å². The molecule has 2 N–H and O–H groups in total. The molecule has 190 valence electrons. The zero-order valence-corrected chi connectivity index (χ0v) is 20.9. The highest BCUT2D eigenvalue weighted by atomic mass is 35.5. The van der Waals surface area contributed by atoms with Gasteiger partial charge in [0.1, 0.15) is 17.2 Å². The number of carbonyl (C=O) groups excluding carboxylic acids is 2. The summed E-state index contributed by atoms with van der Waals surface area (Å²) in [5.74, 6) is -2.34. The summed E-state index contributed by atoms with van der Waals surface area (Å²) >= 11 is 12.2. The molecule has 0 saturated heterocycles. The topological polar surface area (TPSA) is 84.2 Å². The zero-order chi connectivity index (χ0) is 26.8. The Morgan fingerprint density at radius 1 is 0.868 bits per heavy atom. The summed E-state index contributed by atoms with van der Waals surface area (Å²) in [5.41, 5.74) is 2.23. The van der Waals surface area contributed by atoms with E-state index >= 15 is 0 Å². The second-order valence-electron chi connectivity index (χ2n) is 8.29. The Bertz CT molecular complexity index is 1690. The van der Waals surface area contributed by atoms with E-state index in [0.717, 1.165) is 12.1 Å². The summed E-state index contributed by atoms with van der Waals surface area (Å²) in [4.78, 5) is 30.1. The van der Waals surface area contributed by atoms with Crippen molar-refractivity contribution in [3.8, 4) is 11.5 Å². The van der Waals surface area contributed by atoms with E-state index < -0.39 is 23.4 Å². The van der Waals surface area contributed by atoms with Crippen LogP contribution < -0.4 is 10.6 Å². The average molecular weight is 552 g/mol. The van der Waals surface area contributed by atoms with Crippen LogP contribution in [0, 0.1) is 11.6 Å². The molecule has 0 aliphatic heterocycles. The summed E-state index contributed by atoms with van der Waals surface area (Å²) in [5, 5.41) is 5.60. The van der Waals surface area contributed by atoms with Crippen LogP contribution in [0.3, 0.4) is 0 Å². The zero-order valence-electron chi connectivity index (χ0n) is 19.4. The highest BCUT2D eigenvalue weighted by Gasteiger charge is 2.20. The normalized spacial score (nSPS) is 10.9. The molecule has 0 saturated carbocycles. The van der Waals surface area contributed by atoms with E-state index in [4.69, 9.17) is 27.6 Å². The van der Waals surface area contributed by atoms with Crippen molar-refractivity contribution < 1.29 is 22.8 Å². The van der Waals surface area contributed by atoms with Crippen LogP contribution in [0.4, 0.5) is 14.5 Å². The quantitative estimate of drug-likeness (QED) is 0.232. The fourth-order valence-corrected chi connectivity index (χ4v) is 4.15. The number of anilines is 1. The molecule has 0 bridgehead atoms. The van der Waals surface area contributed by atoms with Crippen molar-refractivity contribution in [2.24, 2.45) is 0 Å². The molecule has 0 fully saturated rings.